The Morgan fingerprint density at radius 3 is 3.04 bits per heavy atom. The number of carbonyl (C=O) groups is 2. The Morgan fingerprint density at radius 2 is 2.29 bits per heavy atom. The summed E-state index contributed by atoms with van der Waals surface area (Å²) in [4.78, 5) is 31.8. The molecule has 1 aromatic carbocycles. The molecule has 5 nitrogen and oxygen atoms in total. The molecule has 2 amide bonds. The molecule has 124 valence electrons. The highest BCUT2D eigenvalue weighted by Crippen LogP contribution is 2.49. The molecule has 1 N–H and O–H groups in total. The Hall–Kier alpha value is -2.21. The first kappa shape index (κ1) is 15.3. The summed E-state index contributed by atoms with van der Waals surface area (Å²) in [6.07, 6.45) is 2.39. The number of likely N-dealkylation sites (tertiary alicyclic amines) is 1. The van der Waals surface area contributed by atoms with E-state index >= 15 is 0 Å². The summed E-state index contributed by atoms with van der Waals surface area (Å²) in [5, 5.41) is 4.80. The zero-order valence-corrected chi connectivity index (χ0v) is 14.3. The summed E-state index contributed by atoms with van der Waals surface area (Å²) >= 11 is 1.42. The largest absolute Gasteiger partial charge is 0.333 e. The van der Waals surface area contributed by atoms with E-state index in [1.807, 2.05) is 29.2 Å². The van der Waals surface area contributed by atoms with Crippen molar-refractivity contribution in [1.82, 2.24) is 9.88 Å². The molecule has 2 atom stereocenters. The van der Waals surface area contributed by atoms with Crippen LogP contribution in [0.2, 0.25) is 0 Å². The van der Waals surface area contributed by atoms with Crippen LogP contribution in [0.15, 0.2) is 35.2 Å². The molecule has 2 aliphatic rings. The van der Waals surface area contributed by atoms with E-state index in [1.54, 1.807) is 10.9 Å². The summed E-state index contributed by atoms with van der Waals surface area (Å²) < 4.78 is 0. The highest BCUT2D eigenvalue weighted by Gasteiger charge is 2.58. The Bertz CT molecular complexity index is 789. The van der Waals surface area contributed by atoms with E-state index in [9.17, 15) is 9.59 Å². The maximum atomic E-state index is 12.9. The Labute approximate surface area is 144 Å². The lowest BCUT2D eigenvalue weighted by Gasteiger charge is -2.33. The van der Waals surface area contributed by atoms with Crippen molar-refractivity contribution in [3.63, 3.8) is 0 Å². The lowest BCUT2D eigenvalue weighted by molar-refractivity contribution is -0.121. The van der Waals surface area contributed by atoms with Crippen molar-refractivity contribution in [2.75, 3.05) is 11.9 Å². The van der Waals surface area contributed by atoms with Gasteiger partial charge in [-0.1, -0.05) is 31.5 Å². The van der Waals surface area contributed by atoms with Gasteiger partial charge in [0, 0.05) is 17.6 Å². The van der Waals surface area contributed by atoms with Crippen LogP contribution >= 0.6 is 11.3 Å². The lowest BCUT2D eigenvalue weighted by atomic mass is 9.73. The zero-order valence-electron chi connectivity index (χ0n) is 13.5. The highest BCUT2D eigenvalue weighted by atomic mass is 32.1. The van der Waals surface area contributed by atoms with Crippen molar-refractivity contribution in [3.05, 3.63) is 46.4 Å². The predicted octanol–water partition coefficient (Wildman–Crippen LogP) is 3.05. The number of hydrogen-bond donors (Lipinski definition) is 1. The molecule has 24 heavy (non-hydrogen) atoms. The fourth-order valence-corrected chi connectivity index (χ4v) is 4.71. The van der Waals surface area contributed by atoms with Crippen LogP contribution in [0.1, 0.15) is 42.2 Å². The monoisotopic (exact) mass is 341 g/mol. The smallest absolute Gasteiger partial charge is 0.273 e. The van der Waals surface area contributed by atoms with Crippen LogP contribution < -0.4 is 5.32 Å². The molecule has 1 aromatic heterocycles. The van der Waals surface area contributed by atoms with Crippen LogP contribution in [0.25, 0.3) is 0 Å². The molecule has 1 fully saturated rings. The van der Waals surface area contributed by atoms with E-state index in [0.717, 1.165) is 24.1 Å². The average Bonchev–Trinajstić information content (AvgIpc) is 3.29. The summed E-state index contributed by atoms with van der Waals surface area (Å²) in [6, 6.07) is 7.73. The van der Waals surface area contributed by atoms with Gasteiger partial charge in [-0.2, -0.15) is 0 Å². The maximum Gasteiger partial charge on any atom is 0.273 e. The fourth-order valence-electron chi connectivity index (χ4n) is 4.19. The van der Waals surface area contributed by atoms with E-state index in [0.29, 0.717) is 18.7 Å². The summed E-state index contributed by atoms with van der Waals surface area (Å²) in [7, 11) is 0. The quantitative estimate of drug-likeness (QED) is 0.933. The zero-order chi connectivity index (χ0) is 16.7. The molecule has 6 heteroatoms. The van der Waals surface area contributed by atoms with Gasteiger partial charge in [0.2, 0.25) is 5.91 Å². The second-order valence-corrected chi connectivity index (χ2v) is 7.12. The van der Waals surface area contributed by atoms with E-state index in [-0.39, 0.29) is 17.9 Å². The van der Waals surface area contributed by atoms with E-state index < -0.39 is 5.41 Å². The third-order valence-corrected chi connectivity index (χ3v) is 5.81. The number of para-hydroxylation sites is 1. The van der Waals surface area contributed by atoms with E-state index in [1.165, 1.54) is 11.3 Å². The first-order chi connectivity index (χ1) is 11.7. The van der Waals surface area contributed by atoms with Gasteiger partial charge in [-0.3, -0.25) is 9.59 Å². The lowest BCUT2D eigenvalue weighted by Crippen LogP contribution is -2.48. The summed E-state index contributed by atoms with van der Waals surface area (Å²) in [5.41, 5.74) is 3.43. The minimum absolute atomic E-state index is 0.0238. The van der Waals surface area contributed by atoms with Gasteiger partial charge in [0.1, 0.15) is 5.69 Å². The average molecular weight is 341 g/mol. The molecule has 0 unspecified atom stereocenters. The SMILES string of the molecule is CCC[C@@H]1N(C(=O)c2cscn2)CC[C@]12C(=O)Nc1ccccc12. The summed E-state index contributed by atoms with van der Waals surface area (Å²) in [5.74, 6) is -0.0421. The van der Waals surface area contributed by atoms with Crippen LogP contribution in [0.4, 0.5) is 5.69 Å². The Morgan fingerprint density at radius 1 is 1.46 bits per heavy atom. The topological polar surface area (TPSA) is 62.3 Å². The molecular weight excluding hydrogens is 322 g/mol. The van der Waals surface area contributed by atoms with Crippen molar-refractivity contribution >= 4 is 28.8 Å². The molecule has 0 radical (unpaired) electrons. The molecule has 0 aliphatic carbocycles. The van der Waals surface area contributed by atoms with Crippen LogP contribution in [0.5, 0.6) is 0 Å². The van der Waals surface area contributed by atoms with E-state index in [4.69, 9.17) is 0 Å². The number of hydrogen-bond acceptors (Lipinski definition) is 4. The molecule has 0 bridgehead atoms. The van der Waals surface area contributed by atoms with Crippen molar-refractivity contribution in [2.45, 2.75) is 37.6 Å². The first-order valence-electron chi connectivity index (χ1n) is 8.28. The third kappa shape index (κ3) is 2.02. The number of carbonyl (C=O) groups excluding carboxylic acids is 2. The number of rotatable bonds is 3. The second-order valence-electron chi connectivity index (χ2n) is 6.40. The molecule has 0 saturated carbocycles. The third-order valence-electron chi connectivity index (χ3n) is 5.23. The number of thiazole rings is 1. The van der Waals surface area contributed by atoms with Crippen LogP contribution in [-0.4, -0.2) is 34.3 Å². The molecule has 4 rings (SSSR count). The van der Waals surface area contributed by atoms with Crippen LogP contribution in [-0.2, 0) is 10.2 Å². The van der Waals surface area contributed by atoms with Crippen molar-refractivity contribution < 1.29 is 9.59 Å². The number of anilines is 1. The minimum Gasteiger partial charge on any atom is -0.333 e. The molecular formula is C18H19N3O2S. The Balaban J connectivity index is 1.77. The van der Waals surface area contributed by atoms with Crippen molar-refractivity contribution in [1.29, 1.82) is 0 Å². The molecule has 3 heterocycles. The number of fused-ring (bicyclic) bond motifs is 2. The predicted molar refractivity (Wildman–Crippen MR) is 93.2 cm³/mol. The van der Waals surface area contributed by atoms with Crippen LogP contribution in [0.3, 0.4) is 0 Å². The Kier molecular flexibility index (Phi) is 3.64. The fraction of sp³-hybridized carbons (Fsp3) is 0.389. The van der Waals surface area contributed by atoms with Crippen molar-refractivity contribution in [2.24, 2.45) is 0 Å². The molecule has 1 saturated heterocycles. The van der Waals surface area contributed by atoms with Gasteiger partial charge < -0.3 is 10.2 Å². The normalized spacial score (nSPS) is 25.1. The van der Waals surface area contributed by atoms with Gasteiger partial charge in [-0.05, 0) is 24.5 Å². The highest BCUT2D eigenvalue weighted by molar-refractivity contribution is 7.07. The molecule has 2 aliphatic heterocycles. The van der Waals surface area contributed by atoms with Gasteiger partial charge in [-0.15, -0.1) is 11.3 Å². The van der Waals surface area contributed by atoms with E-state index in [2.05, 4.69) is 17.2 Å². The maximum absolute atomic E-state index is 12.9. The standard InChI is InChI=1S/C18H19N3O2S/c1-2-5-15-18(12-6-3-4-7-13(12)20-17(18)23)8-9-21(15)16(22)14-10-24-11-19-14/h3-4,6-7,10-11,15H,2,5,8-9H2,1H3,(H,20,23)/t15-,18+/m0/s1. The van der Waals surface area contributed by atoms with Crippen molar-refractivity contribution in [3.8, 4) is 0 Å². The minimum atomic E-state index is -0.627. The van der Waals surface area contributed by atoms with Gasteiger partial charge in [-0.25, -0.2) is 4.98 Å². The van der Waals surface area contributed by atoms with Gasteiger partial charge >= 0.3 is 0 Å². The number of aromatic nitrogens is 1. The number of nitrogens with one attached hydrogen (secondary N) is 1. The van der Waals surface area contributed by atoms with Crippen LogP contribution in [0, 0.1) is 0 Å². The number of amides is 2. The second kappa shape index (κ2) is 5.70. The van der Waals surface area contributed by atoms with Gasteiger partial charge in [0.25, 0.3) is 5.91 Å². The number of benzene rings is 1. The molecule has 1 spiro atoms. The van der Waals surface area contributed by atoms with Gasteiger partial charge in [0.05, 0.1) is 17.0 Å². The molecule has 2 aromatic rings. The number of nitrogens with zero attached hydrogens (tertiary/aromatic N) is 2. The summed E-state index contributed by atoms with van der Waals surface area (Å²) in [6.45, 7) is 2.68. The van der Waals surface area contributed by atoms with Gasteiger partial charge in [0.15, 0.2) is 0 Å². The first-order valence-corrected chi connectivity index (χ1v) is 9.23.